The predicted octanol–water partition coefficient (Wildman–Crippen LogP) is 3.41. The largest absolute Gasteiger partial charge is 0.468 e. The molecule has 0 aliphatic carbocycles. The van der Waals surface area contributed by atoms with Crippen LogP contribution in [0.4, 0.5) is 0 Å². The van der Waals surface area contributed by atoms with E-state index in [1.807, 2.05) is 38.1 Å². The number of rotatable bonds is 5. The Morgan fingerprint density at radius 2 is 1.89 bits per heavy atom. The quantitative estimate of drug-likeness (QED) is 0.751. The third kappa shape index (κ3) is 3.71. The second-order valence-electron chi connectivity index (χ2n) is 7.08. The van der Waals surface area contributed by atoms with Crippen LogP contribution in [-0.2, 0) is 0 Å². The van der Waals surface area contributed by atoms with Crippen molar-refractivity contribution in [1.29, 1.82) is 0 Å². The van der Waals surface area contributed by atoms with Crippen LogP contribution in [0.15, 0.2) is 41.0 Å². The summed E-state index contributed by atoms with van der Waals surface area (Å²) < 4.78 is 5.62. The van der Waals surface area contributed by atoms with Crippen LogP contribution >= 0.6 is 0 Å². The second-order valence-corrected chi connectivity index (χ2v) is 7.08. The molecule has 0 radical (unpaired) electrons. The summed E-state index contributed by atoms with van der Waals surface area (Å²) >= 11 is 0. The summed E-state index contributed by atoms with van der Waals surface area (Å²) in [7, 11) is 0. The summed E-state index contributed by atoms with van der Waals surface area (Å²) in [6.45, 7) is 6.45. The molecule has 1 fully saturated rings. The number of furan rings is 1. The SMILES string of the molecule is Cc1nc2ccc(C(=O)NC[C@H](c3ccco3)N3CCCC3)cc2nc1C. The minimum Gasteiger partial charge on any atom is -0.468 e. The van der Waals surface area contributed by atoms with E-state index in [2.05, 4.69) is 20.2 Å². The van der Waals surface area contributed by atoms with Gasteiger partial charge in [0.1, 0.15) is 5.76 Å². The number of nitrogens with zero attached hydrogens (tertiary/aromatic N) is 3. The summed E-state index contributed by atoms with van der Waals surface area (Å²) in [5.74, 6) is 0.792. The number of benzene rings is 1. The van der Waals surface area contributed by atoms with E-state index in [4.69, 9.17) is 4.42 Å². The normalized spacial score (nSPS) is 15.9. The van der Waals surface area contributed by atoms with Gasteiger partial charge in [-0.15, -0.1) is 0 Å². The molecule has 1 amide bonds. The Hall–Kier alpha value is -2.73. The van der Waals surface area contributed by atoms with Crippen molar-refractivity contribution in [3.8, 4) is 0 Å². The highest BCUT2D eigenvalue weighted by atomic mass is 16.3. The lowest BCUT2D eigenvalue weighted by Gasteiger charge is -2.26. The Labute approximate surface area is 158 Å². The highest BCUT2D eigenvalue weighted by Crippen LogP contribution is 2.25. The van der Waals surface area contributed by atoms with Crippen molar-refractivity contribution in [2.75, 3.05) is 19.6 Å². The van der Waals surface area contributed by atoms with Gasteiger partial charge in [0, 0.05) is 12.1 Å². The van der Waals surface area contributed by atoms with Crippen LogP contribution in [-0.4, -0.2) is 40.4 Å². The van der Waals surface area contributed by atoms with Crippen LogP contribution in [0.1, 0.15) is 46.4 Å². The van der Waals surface area contributed by atoms with Gasteiger partial charge in [0.2, 0.25) is 0 Å². The molecule has 2 aromatic heterocycles. The minimum atomic E-state index is -0.104. The number of carbonyl (C=O) groups excluding carboxylic acids is 1. The van der Waals surface area contributed by atoms with Gasteiger partial charge >= 0.3 is 0 Å². The third-order valence-electron chi connectivity index (χ3n) is 5.25. The van der Waals surface area contributed by atoms with Crippen molar-refractivity contribution in [2.24, 2.45) is 0 Å². The molecule has 1 aromatic carbocycles. The first-order valence-electron chi connectivity index (χ1n) is 9.42. The van der Waals surface area contributed by atoms with E-state index in [0.717, 1.165) is 41.3 Å². The maximum absolute atomic E-state index is 12.7. The monoisotopic (exact) mass is 364 g/mol. The van der Waals surface area contributed by atoms with Crippen molar-refractivity contribution >= 4 is 16.9 Å². The zero-order valence-corrected chi connectivity index (χ0v) is 15.7. The number of nitrogens with one attached hydrogen (secondary N) is 1. The topological polar surface area (TPSA) is 71.3 Å². The molecular formula is C21H24N4O2. The summed E-state index contributed by atoms with van der Waals surface area (Å²) in [5.41, 5.74) is 3.94. The molecule has 6 nitrogen and oxygen atoms in total. The molecule has 0 bridgehead atoms. The van der Waals surface area contributed by atoms with Crippen LogP contribution in [0.5, 0.6) is 0 Å². The van der Waals surface area contributed by atoms with Crippen LogP contribution in [0.2, 0.25) is 0 Å². The average Bonchev–Trinajstić information content (AvgIpc) is 3.37. The molecule has 1 atom stereocenters. The smallest absolute Gasteiger partial charge is 0.251 e. The van der Waals surface area contributed by atoms with E-state index in [9.17, 15) is 4.79 Å². The maximum atomic E-state index is 12.7. The molecular weight excluding hydrogens is 340 g/mol. The lowest BCUT2D eigenvalue weighted by atomic mass is 10.1. The average molecular weight is 364 g/mol. The molecule has 27 heavy (non-hydrogen) atoms. The number of carbonyl (C=O) groups is 1. The van der Waals surface area contributed by atoms with Crippen molar-refractivity contribution < 1.29 is 9.21 Å². The third-order valence-corrected chi connectivity index (χ3v) is 5.25. The van der Waals surface area contributed by atoms with E-state index >= 15 is 0 Å². The molecule has 0 unspecified atom stereocenters. The maximum Gasteiger partial charge on any atom is 0.251 e. The number of likely N-dealkylation sites (tertiary alicyclic amines) is 1. The minimum absolute atomic E-state index is 0.0663. The standard InChI is InChI=1S/C21H24N4O2/c1-14-15(2)24-18-12-16(7-8-17(18)23-14)21(26)22-13-19(20-6-5-11-27-20)25-9-3-4-10-25/h5-8,11-12,19H,3-4,9-10,13H2,1-2H3,(H,22,26)/t19-/m1/s1. The lowest BCUT2D eigenvalue weighted by molar-refractivity contribution is 0.0934. The molecule has 140 valence electrons. The molecule has 6 heteroatoms. The fraction of sp³-hybridized carbons (Fsp3) is 0.381. The van der Waals surface area contributed by atoms with E-state index < -0.39 is 0 Å². The molecule has 1 aliphatic heterocycles. The Kier molecular flexibility index (Phi) is 4.90. The van der Waals surface area contributed by atoms with Gasteiger partial charge in [0.15, 0.2) is 0 Å². The van der Waals surface area contributed by atoms with E-state index in [1.165, 1.54) is 12.8 Å². The Morgan fingerprint density at radius 3 is 2.59 bits per heavy atom. The van der Waals surface area contributed by atoms with Gasteiger partial charge in [0.25, 0.3) is 5.91 Å². The zero-order chi connectivity index (χ0) is 18.8. The van der Waals surface area contributed by atoms with Gasteiger partial charge in [-0.3, -0.25) is 9.69 Å². The highest BCUT2D eigenvalue weighted by molar-refractivity contribution is 5.97. The summed E-state index contributed by atoms with van der Waals surface area (Å²) in [6.07, 6.45) is 4.06. The second kappa shape index (κ2) is 7.48. The number of amides is 1. The number of aryl methyl sites for hydroxylation is 2. The molecule has 1 saturated heterocycles. The van der Waals surface area contributed by atoms with Gasteiger partial charge in [-0.25, -0.2) is 9.97 Å². The van der Waals surface area contributed by atoms with E-state index in [0.29, 0.717) is 12.1 Å². The first-order chi connectivity index (χ1) is 13.1. The van der Waals surface area contributed by atoms with Crippen molar-refractivity contribution in [2.45, 2.75) is 32.7 Å². The number of aromatic nitrogens is 2. The van der Waals surface area contributed by atoms with Crippen LogP contribution in [0, 0.1) is 13.8 Å². The molecule has 0 spiro atoms. The van der Waals surface area contributed by atoms with Crippen LogP contribution in [0.25, 0.3) is 11.0 Å². The molecule has 4 rings (SSSR count). The first kappa shape index (κ1) is 17.7. The van der Waals surface area contributed by atoms with Crippen molar-refractivity contribution in [1.82, 2.24) is 20.2 Å². The molecule has 3 heterocycles. The van der Waals surface area contributed by atoms with Gasteiger partial charge in [0.05, 0.1) is 34.7 Å². The molecule has 0 saturated carbocycles. The van der Waals surface area contributed by atoms with Crippen molar-refractivity contribution in [3.63, 3.8) is 0 Å². The van der Waals surface area contributed by atoms with Gasteiger partial charge < -0.3 is 9.73 Å². The zero-order valence-electron chi connectivity index (χ0n) is 15.7. The highest BCUT2D eigenvalue weighted by Gasteiger charge is 2.26. The number of hydrogen-bond acceptors (Lipinski definition) is 5. The van der Waals surface area contributed by atoms with Gasteiger partial charge in [-0.1, -0.05) is 0 Å². The van der Waals surface area contributed by atoms with Crippen molar-refractivity contribution in [3.05, 3.63) is 59.3 Å². The fourth-order valence-electron chi connectivity index (χ4n) is 3.61. The Morgan fingerprint density at radius 1 is 1.15 bits per heavy atom. The van der Waals surface area contributed by atoms with Gasteiger partial charge in [-0.2, -0.15) is 0 Å². The Balaban J connectivity index is 1.50. The summed E-state index contributed by atoms with van der Waals surface area (Å²) in [4.78, 5) is 24.2. The lowest BCUT2D eigenvalue weighted by Crippen LogP contribution is -2.36. The number of fused-ring (bicyclic) bond motifs is 1. The number of hydrogen-bond donors (Lipinski definition) is 1. The van der Waals surface area contributed by atoms with E-state index in [1.54, 1.807) is 12.3 Å². The molecule has 1 aliphatic rings. The predicted molar refractivity (Wildman–Crippen MR) is 104 cm³/mol. The van der Waals surface area contributed by atoms with Crippen LogP contribution < -0.4 is 5.32 Å². The van der Waals surface area contributed by atoms with Gasteiger partial charge in [-0.05, 0) is 70.1 Å². The van der Waals surface area contributed by atoms with E-state index in [-0.39, 0.29) is 11.9 Å². The molecule has 3 aromatic rings. The Bertz CT molecular complexity index is 946. The first-order valence-corrected chi connectivity index (χ1v) is 9.42. The summed E-state index contributed by atoms with van der Waals surface area (Å²) in [6, 6.07) is 9.41. The summed E-state index contributed by atoms with van der Waals surface area (Å²) in [5, 5.41) is 3.07. The molecule has 1 N–H and O–H groups in total. The van der Waals surface area contributed by atoms with Crippen LogP contribution in [0.3, 0.4) is 0 Å². The fourth-order valence-corrected chi connectivity index (χ4v) is 3.61.